The van der Waals surface area contributed by atoms with E-state index in [9.17, 15) is 8.78 Å². The Hall–Kier alpha value is -0.220. The average Bonchev–Trinajstić information content (AvgIpc) is 2.80. The maximum atomic E-state index is 13.0. The van der Waals surface area contributed by atoms with E-state index in [1.165, 1.54) is 0 Å². The largest absolute Gasteiger partial charge is 0.380 e. The van der Waals surface area contributed by atoms with Gasteiger partial charge in [-0.15, -0.1) is 0 Å². The van der Waals surface area contributed by atoms with Crippen LogP contribution in [0.1, 0.15) is 26.2 Å². The fourth-order valence-corrected chi connectivity index (χ4v) is 3.32. The highest BCUT2D eigenvalue weighted by atomic mass is 19.1. The van der Waals surface area contributed by atoms with Crippen LogP contribution in [0, 0.1) is 5.41 Å². The number of halogens is 2. The lowest BCUT2D eigenvalue weighted by Crippen LogP contribution is -2.42. The standard InChI is InChI=1S/C12H21F2NO/c1-2-16-10-12-4-3-5-15(12)9-11(6-12,7-13)8-14/h2-10H2,1H3/t12-/m1/s1. The Morgan fingerprint density at radius 2 is 2.06 bits per heavy atom. The summed E-state index contributed by atoms with van der Waals surface area (Å²) in [4.78, 5) is 2.25. The highest BCUT2D eigenvalue weighted by Gasteiger charge is 2.55. The van der Waals surface area contributed by atoms with Crippen molar-refractivity contribution in [2.45, 2.75) is 31.7 Å². The lowest BCUT2D eigenvalue weighted by atomic mass is 9.81. The van der Waals surface area contributed by atoms with E-state index in [1.807, 2.05) is 6.92 Å². The van der Waals surface area contributed by atoms with Gasteiger partial charge in [-0.1, -0.05) is 0 Å². The molecule has 2 aliphatic rings. The first kappa shape index (κ1) is 12.2. The van der Waals surface area contributed by atoms with E-state index in [0.717, 1.165) is 19.4 Å². The van der Waals surface area contributed by atoms with Crippen LogP contribution in [0.2, 0.25) is 0 Å². The molecule has 1 atom stereocenters. The molecule has 0 saturated carbocycles. The lowest BCUT2D eigenvalue weighted by molar-refractivity contribution is 0.0402. The minimum Gasteiger partial charge on any atom is -0.380 e. The molecule has 0 N–H and O–H groups in total. The fourth-order valence-electron chi connectivity index (χ4n) is 3.32. The fraction of sp³-hybridized carbons (Fsp3) is 1.00. The van der Waals surface area contributed by atoms with Crippen LogP contribution < -0.4 is 0 Å². The zero-order valence-electron chi connectivity index (χ0n) is 9.98. The molecule has 0 aromatic heterocycles. The van der Waals surface area contributed by atoms with Crippen molar-refractivity contribution in [3.63, 3.8) is 0 Å². The van der Waals surface area contributed by atoms with Crippen molar-refractivity contribution in [1.82, 2.24) is 4.90 Å². The smallest absolute Gasteiger partial charge is 0.0988 e. The molecule has 0 radical (unpaired) electrons. The van der Waals surface area contributed by atoms with Crippen molar-refractivity contribution in [2.24, 2.45) is 5.41 Å². The van der Waals surface area contributed by atoms with Gasteiger partial charge in [0, 0.05) is 24.1 Å². The van der Waals surface area contributed by atoms with Crippen LogP contribution in [0.4, 0.5) is 8.78 Å². The van der Waals surface area contributed by atoms with E-state index in [2.05, 4.69) is 4.90 Å². The third-order valence-electron chi connectivity index (χ3n) is 4.11. The number of hydrogen-bond donors (Lipinski definition) is 0. The molecule has 2 nitrogen and oxygen atoms in total. The van der Waals surface area contributed by atoms with Gasteiger partial charge in [0.25, 0.3) is 0 Å². The molecule has 2 saturated heterocycles. The van der Waals surface area contributed by atoms with Gasteiger partial charge in [0.2, 0.25) is 0 Å². The Balaban J connectivity index is 2.10. The average molecular weight is 233 g/mol. The second-order valence-electron chi connectivity index (χ2n) is 5.33. The minimum absolute atomic E-state index is 0.0752. The van der Waals surface area contributed by atoms with Crippen molar-refractivity contribution >= 4 is 0 Å². The number of rotatable bonds is 5. The summed E-state index contributed by atoms with van der Waals surface area (Å²) in [6, 6.07) is 0. The number of fused-ring (bicyclic) bond motifs is 1. The van der Waals surface area contributed by atoms with Gasteiger partial charge >= 0.3 is 0 Å². The van der Waals surface area contributed by atoms with Gasteiger partial charge in [0.1, 0.15) is 0 Å². The summed E-state index contributed by atoms with van der Waals surface area (Å²) in [6.45, 7) is 3.70. The van der Waals surface area contributed by atoms with Crippen molar-refractivity contribution in [3.05, 3.63) is 0 Å². The molecular weight excluding hydrogens is 212 g/mol. The van der Waals surface area contributed by atoms with E-state index in [0.29, 0.717) is 26.2 Å². The number of nitrogens with zero attached hydrogens (tertiary/aromatic N) is 1. The molecule has 0 aliphatic carbocycles. The van der Waals surface area contributed by atoms with Crippen LogP contribution in [-0.2, 0) is 4.74 Å². The summed E-state index contributed by atoms with van der Waals surface area (Å²) in [5, 5.41) is 0. The maximum Gasteiger partial charge on any atom is 0.0988 e. The molecule has 0 aromatic carbocycles. The molecule has 2 fully saturated rings. The predicted octanol–water partition coefficient (Wildman–Crippen LogP) is 2.19. The summed E-state index contributed by atoms with van der Waals surface area (Å²) >= 11 is 0. The summed E-state index contributed by atoms with van der Waals surface area (Å²) in [7, 11) is 0. The first-order valence-corrected chi connectivity index (χ1v) is 6.15. The molecule has 2 rings (SSSR count). The van der Waals surface area contributed by atoms with Gasteiger partial charge in [0.05, 0.1) is 20.0 Å². The van der Waals surface area contributed by atoms with Crippen LogP contribution in [0.25, 0.3) is 0 Å². The summed E-state index contributed by atoms with van der Waals surface area (Å²) < 4.78 is 31.6. The molecule has 0 unspecified atom stereocenters. The van der Waals surface area contributed by atoms with Gasteiger partial charge in [-0.3, -0.25) is 13.7 Å². The highest BCUT2D eigenvalue weighted by Crippen LogP contribution is 2.48. The molecule has 0 amide bonds. The first-order valence-electron chi connectivity index (χ1n) is 6.15. The second-order valence-corrected chi connectivity index (χ2v) is 5.33. The number of ether oxygens (including phenoxy) is 1. The normalized spacial score (nSPS) is 33.2. The van der Waals surface area contributed by atoms with Gasteiger partial charge < -0.3 is 4.74 Å². The van der Waals surface area contributed by atoms with Crippen molar-refractivity contribution in [3.8, 4) is 0 Å². The molecule has 0 spiro atoms. The summed E-state index contributed by atoms with van der Waals surface area (Å²) in [5.41, 5.74) is -0.828. The molecule has 0 bridgehead atoms. The highest BCUT2D eigenvalue weighted by molar-refractivity contribution is 5.08. The Kier molecular flexibility index (Phi) is 3.50. The monoisotopic (exact) mass is 233 g/mol. The molecule has 94 valence electrons. The third kappa shape index (κ3) is 1.86. The van der Waals surface area contributed by atoms with Gasteiger partial charge in [-0.2, -0.15) is 0 Å². The summed E-state index contributed by atoms with van der Waals surface area (Å²) in [6.07, 6.45) is 2.77. The van der Waals surface area contributed by atoms with Gasteiger partial charge in [0.15, 0.2) is 0 Å². The van der Waals surface area contributed by atoms with Gasteiger partial charge in [-0.25, -0.2) is 0 Å². The maximum absolute atomic E-state index is 13.0. The van der Waals surface area contributed by atoms with E-state index >= 15 is 0 Å². The van der Waals surface area contributed by atoms with E-state index < -0.39 is 18.8 Å². The Morgan fingerprint density at radius 3 is 2.69 bits per heavy atom. The van der Waals surface area contributed by atoms with E-state index in [1.54, 1.807) is 0 Å². The topological polar surface area (TPSA) is 12.5 Å². The lowest BCUT2D eigenvalue weighted by Gasteiger charge is -2.31. The van der Waals surface area contributed by atoms with Crippen molar-refractivity contribution in [1.29, 1.82) is 0 Å². The third-order valence-corrected chi connectivity index (χ3v) is 4.11. The molecule has 16 heavy (non-hydrogen) atoms. The van der Waals surface area contributed by atoms with E-state index in [4.69, 9.17) is 4.74 Å². The van der Waals surface area contributed by atoms with Crippen LogP contribution in [0.15, 0.2) is 0 Å². The first-order chi connectivity index (χ1) is 7.70. The number of alkyl halides is 2. The molecule has 2 aliphatic heterocycles. The molecule has 2 heterocycles. The Bertz CT molecular complexity index is 245. The molecule has 4 heteroatoms. The van der Waals surface area contributed by atoms with Crippen LogP contribution in [-0.4, -0.2) is 50.1 Å². The van der Waals surface area contributed by atoms with Crippen LogP contribution in [0.3, 0.4) is 0 Å². The quantitative estimate of drug-likeness (QED) is 0.721. The Labute approximate surface area is 95.9 Å². The zero-order chi connectivity index (χ0) is 11.6. The number of hydrogen-bond acceptors (Lipinski definition) is 2. The zero-order valence-corrected chi connectivity index (χ0v) is 9.98. The SMILES string of the molecule is CCOC[C@]12CCCN1CC(CF)(CF)C2. The van der Waals surface area contributed by atoms with Crippen molar-refractivity contribution in [2.75, 3.05) is 39.7 Å². The summed E-state index contributed by atoms with van der Waals surface area (Å²) in [5.74, 6) is 0. The molecular formula is C12H21F2NO. The van der Waals surface area contributed by atoms with Crippen LogP contribution >= 0.6 is 0 Å². The van der Waals surface area contributed by atoms with Crippen molar-refractivity contribution < 1.29 is 13.5 Å². The molecule has 0 aromatic rings. The Morgan fingerprint density at radius 1 is 1.31 bits per heavy atom. The minimum atomic E-state index is -0.752. The second kappa shape index (κ2) is 4.57. The van der Waals surface area contributed by atoms with E-state index in [-0.39, 0.29) is 5.54 Å². The predicted molar refractivity (Wildman–Crippen MR) is 59.0 cm³/mol. The van der Waals surface area contributed by atoms with Gasteiger partial charge in [-0.05, 0) is 32.7 Å². The van der Waals surface area contributed by atoms with Crippen LogP contribution in [0.5, 0.6) is 0 Å².